The number of nitrogens with zero attached hydrogens (tertiary/aromatic N) is 2. The fourth-order valence-corrected chi connectivity index (χ4v) is 2.62. The highest BCUT2D eigenvalue weighted by atomic mass is 32.2. The van der Waals surface area contributed by atoms with E-state index in [9.17, 15) is 13.2 Å². The zero-order valence-corrected chi connectivity index (χ0v) is 13.2. The van der Waals surface area contributed by atoms with Gasteiger partial charge in [0.1, 0.15) is 17.2 Å². The maximum atomic E-state index is 11.4. The van der Waals surface area contributed by atoms with Gasteiger partial charge in [-0.05, 0) is 18.2 Å². The quantitative estimate of drug-likeness (QED) is 0.811. The van der Waals surface area contributed by atoms with Gasteiger partial charge in [-0.15, -0.1) is 0 Å². The number of hydrogen-bond donors (Lipinski definition) is 1. The second-order valence-corrected chi connectivity index (χ2v) is 6.46. The Labute approximate surface area is 132 Å². The van der Waals surface area contributed by atoms with Crippen molar-refractivity contribution < 1.29 is 22.1 Å². The molecule has 9 heteroatoms. The van der Waals surface area contributed by atoms with Crippen LogP contribution in [0.15, 0.2) is 40.0 Å². The average Bonchev–Trinajstić information content (AvgIpc) is 2.88. The molecule has 3 rings (SSSR count). The van der Waals surface area contributed by atoms with E-state index in [0.717, 1.165) is 6.26 Å². The van der Waals surface area contributed by atoms with Crippen LogP contribution in [0.2, 0.25) is 0 Å². The Morgan fingerprint density at radius 1 is 1.26 bits per heavy atom. The molecule has 0 atom stereocenters. The number of carbonyl (C=O) groups excluding carboxylic acids is 1. The lowest BCUT2D eigenvalue weighted by molar-refractivity contribution is -0.119. The van der Waals surface area contributed by atoms with Crippen molar-refractivity contribution in [2.75, 3.05) is 13.4 Å². The monoisotopic (exact) mass is 335 g/mol. The fraction of sp³-hybridized carbons (Fsp3) is 0.214. The fourth-order valence-electron chi connectivity index (χ4n) is 2.17. The molecule has 1 aromatic rings. The molecule has 0 saturated carbocycles. The number of carbonyl (C=O) groups is 1. The third-order valence-corrected chi connectivity index (χ3v) is 3.58. The number of amidine groups is 2. The molecule has 0 unspecified atom stereocenters. The van der Waals surface area contributed by atoms with Crippen LogP contribution in [0, 0.1) is 0 Å². The van der Waals surface area contributed by atoms with Crippen molar-refractivity contribution in [3.05, 3.63) is 35.5 Å². The molecular weight excluding hydrogens is 322 g/mol. The van der Waals surface area contributed by atoms with Gasteiger partial charge in [0, 0.05) is 12.5 Å². The predicted molar refractivity (Wildman–Crippen MR) is 83.3 cm³/mol. The maximum Gasteiger partial charge on any atom is 0.306 e. The molecule has 0 aromatic heterocycles. The molecule has 0 fully saturated rings. The maximum absolute atomic E-state index is 11.4. The highest BCUT2D eigenvalue weighted by Crippen LogP contribution is 2.29. The van der Waals surface area contributed by atoms with E-state index in [1.807, 2.05) is 0 Å². The minimum Gasteiger partial charge on any atom is -0.496 e. The first-order chi connectivity index (χ1) is 10.9. The molecule has 0 bridgehead atoms. The molecule has 0 aliphatic carbocycles. The molecule has 1 amide bonds. The Kier molecular flexibility index (Phi) is 3.64. The number of ether oxygens (including phenoxy) is 1. The minimum atomic E-state index is -3.63. The van der Waals surface area contributed by atoms with Gasteiger partial charge in [0.2, 0.25) is 5.91 Å². The highest BCUT2D eigenvalue weighted by molar-refractivity contribution is 7.86. The van der Waals surface area contributed by atoms with Crippen LogP contribution in [0.4, 0.5) is 0 Å². The third kappa shape index (κ3) is 3.24. The summed E-state index contributed by atoms with van der Waals surface area (Å²) >= 11 is 0. The number of rotatable bonds is 4. The summed E-state index contributed by atoms with van der Waals surface area (Å²) in [5.74, 6) is 1.11. The molecule has 0 saturated heterocycles. The normalized spacial score (nSPS) is 16.8. The molecule has 0 radical (unpaired) electrons. The Hall–Kier alpha value is -2.68. The molecule has 1 aromatic carbocycles. The number of methoxy groups -OCH3 is 1. The van der Waals surface area contributed by atoms with Gasteiger partial charge < -0.3 is 14.2 Å². The lowest BCUT2D eigenvalue weighted by Crippen LogP contribution is -2.33. The van der Waals surface area contributed by atoms with E-state index in [1.54, 1.807) is 12.1 Å². The van der Waals surface area contributed by atoms with Crippen LogP contribution >= 0.6 is 0 Å². The summed E-state index contributed by atoms with van der Waals surface area (Å²) in [5.41, 5.74) is 1.16. The van der Waals surface area contributed by atoms with E-state index in [2.05, 4.69) is 15.3 Å². The summed E-state index contributed by atoms with van der Waals surface area (Å²) in [6.45, 7) is 0. The smallest absolute Gasteiger partial charge is 0.306 e. The summed E-state index contributed by atoms with van der Waals surface area (Å²) in [6, 6.07) is 4.52. The van der Waals surface area contributed by atoms with Crippen LogP contribution < -0.4 is 14.2 Å². The van der Waals surface area contributed by atoms with E-state index in [0.29, 0.717) is 28.7 Å². The first-order valence-electron chi connectivity index (χ1n) is 6.61. The molecule has 23 heavy (non-hydrogen) atoms. The van der Waals surface area contributed by atoms with Gasteiger partial charge in [0.15, 0.2) is 11.7 Å². The summed E-state index contributed by atoms with van der Waals surface area (Å²) in [4.78, 5) is 20.0. The van der Waals surface area contributed by atoms with Gasteiger partial charge in [-0.2, -0.15) is 8.42 Å². The Morgan fingerprint density at radius 3 is 2.74 bits per heavy atom. The van der Waals surface area contributed by atoms with E-state index in [1.165, 1.54) is 19.2 Å². The standard InChI is InChI=1S/C14H13N3O5S/c1-21-11-7-8(22-23(2,19)20)3-4-9(11)13-15-10-5-6-12(18)16-14(10)17-13/h3-5,7H,6H2,1-2H3,(H,15,16,17,18). The highest BCUT2D eigenvalue weighted by Gasteiger charge is 2.24. The Balaban J connectivity index is 1.97. The molecule has 8 nitrogen and oxygen atoms in total. The first-order valence-corrected chi connectivity index (χ1v) is 8.43. The van der Waals surface area contributed by atoms with Crippen molar-refractivity contribution in [1.29, 1.82) is 0 Å². The van der Waals surface area contributed by atoms with Gasteiger partial charge in [-0.1, -0.05) is 0 Å². The van der Waals surface area contributed by atoms with E-state index in [-0.39, 0.29) is 18.1 Å². The van der Waals surface area contributed by atoms with Gasteiger partial charge in [0.05, 0.1) is 18.9 Å². The number of hydrogen-bond acceptors (Lipinski definition) is 7. The van der Waals surface area contributed by atoms with E-state index < -0.39 is 10.1 Å². The van der Waals surface area contributed by atoms with Crippen LogP contribution in [-0.2, 0) is 14.9 Å². The van der Waals surface area contributed by atoms with Gasteiger partial charge >= 0.3 is 10.1 Å². The molecule has 0 spiro atoms. The summed E-state index contributed by atoms with van der Waals surface area (Å²) < 4.78 is 32.4. The van der Waals surface area contributed by atoms with Crippen molar-refractivity contribution in [1.82, 2.24) is 5.32 Å². The van der Waals surface area contributed by atoms with Crippen LogP contribution in [-0.4, -0.2) is 39.4 Å². The SMILES string of the molecule is COc1cc(OS(C)(=O)=O)ccc1C1=NC2=CCC(=O)NC2=N1. The van der Waals surface area contributed by atoms with Crippen LogP contribution in [0.5, 0.6) is 11.5 Å². The number of fused-ring (bicyclic) bond motifs is 1. The van der Waals surface area contributed by atoms with Crippen molar-refractivity contribution in [2.24, 2.45) is 9.98 Å². The number of aliphatic imine (C=N–C) groups is 2. The Morgan fingerprint density at radius 2 is 2.04 bits per heavy atom. The van der Waals surface area contributed by atoms with E-state index >= 15 is 0 Å². The van der Waals surface area contributed by atoms with Gasteiger partial charge in [0.25, 0.3) is 0 Å². The summed E-state index contributed by atoms with van der Waals surface area (Å²) in [6.07, 6.45) is 2.90. The van der Waals surface area contributed by atoms with Crippen molar-refractivity contribution in [3.8, 4) is 11.5 Å². The molecular formula is C14H13N3O5S. The zero-order chi connectivity index (χ0) is 16.6. The third-order valence-electron chi connectivity index (χ3n) is 3.09. The van der Waals surface area contributed by atoms with Gasteiger partial charge in [-0.25, -0.2) is 9.98 Å². The van der Waals surface area contributed by atoms with Crippen molar-refractivity contribution in [3.63, 3.8) is 0 Å². The second kappa shape index (κ2) is 5.51. The minimum absolute atomic E-state index is 0.129. The zero-order valence-electron chi connectivity index (χ0n) is 12.4. The van der Waals surface area contributed by atoms with Crippen LogP contribution in [0.3, 0.4) is 0 Å². The topological polar surface area (TPSA) is 106 Å². The van der Waals surface area contributed by atoms with Crippen LogP contribution in [0.1, 0.15) is 12.0 Å². The Bertz CT molecular complexity index is 884. The molecule has 2 aliphatic heterocycles. The first kappa shape index (κ1) is 15.2. The van der Waals surface area contributed by atoms with Crippen LogP contribution in [0.25, 0.3) is 0 Å². The van der Waals surface area contributed by atoms with Crippen molar-refractivity contribution in [2.45, 2.75) is 6.42 Å². The second-order valence-electron chi connectivity index (χ2n) is 4.89. The number of nitrogens with one attached hydrogen (secondary N) is 1. The number of benzene rings is 1. The van der Waals surface area contributed by atoms with Crippen molar-refractivity contribution >= 4 is 27.7 Å². The average molecular weight is 335 g/mol. The number of amides is 1. The summed E-state index contributed by atoms with van der Waals surface area (Å²) in [7, 11) is -2.18. The molecule has 2 heterocycles. The largest absolute Gasteiger partial charge is 0.496 e. The lowest BCUT2D eigenvalue weighted by atomic mass is 10.2. The molecule has 120 valence electrons. The van der Waals surface area contributed by atoms with Gasteiger partial charge in [-0.3, -0.25) is 4.79 Å². The molecule has 1 N–H and O–H groups in total. The lowest BCUT2D eigenvalue weighted by Gasteiger charge is -2.09. The summed E-state index contributed by atoms with van der Waals surface area (Å²) in [5, 5.41) is 2.64. The van der Waals surface area contributed by atoms with E-state index in [4.69, 9.17) is 8.92 Å². The predicted octanol–water partition coefficient (Wildman–Crippen LogP) is 0.596. The molecule has 2 aliphatic rings.